The third kappa shape index (κ3) is 3.46. The molecule has 3 rings (SSSR count). The topological polar surface area (TPSA) is 66.8 Å². The Morgan fingerprint density at radius 3 is 2.54 bits per heavy atom. The quantitative estimate of drug-likeness (QED) is 0.860. The van der Waals surface area contributed by atoms with E-state index in [9.17, 15) is 17.9 Å². The molecule has 1 unspecified atom stereocenters. The van der Waals surface area contributed by atoms with Crippen LogP contribution in [0, 0.1) is 5.82 Å². The lowest BCUT2D eigenvalue weighted by molar-refractivity contribution is -0.168. The standard InChI is InChI=1S/C16H21ClFNO4S/c1-15(20)6-9-23-16(11-15)4-7-19(8-5-16)24(21,22)12-2-3-14(18)13(17)10-12/h2-3,10,20H,4-9,11H2,1H3. The van der Waals surface area contributed by atoms with Crippen LogP contribution in [0.1, 0.15) is 32.6 Å². The predicted octanol–water partition coefficient (Wildman–Crippen LogP) is 2.56. The van der Waals surface area contributed by atoms with Crippen molar-refractivity contribution in [1.29, 1.82) is 0 Å². The molecule has 2 saturated heterocycles. The van der Waals surface area contributed by atoms with Crippen LogP contribution >= 0.6 is 11.6 Å². The average molecular weight is 378 g/mol. The molecule has 2 aliphatic heterocycles. The summed E-state index contributed by atoms with van der Waals surface area (Å²) in [5, 5.41) is 10.1. The molecule has 134 valence electrons. The fourth-order valence-corrected chi connectivity index (χ4v) is 5.28. The molecular formula is C16H21ClFNO4S. The van der Waals surface area contributed by atoms with Gasteiger partial charge in [0.2, 0.25) is 10.0 Å². The van der Waals surface area contributed by atoms with Crippen LogP contribution in [0.3, 0.4) is 0 Å². The highest BCUT2D eigenvalue weighted by Crippen LogP contribution is 2.40. The minimum Gasteiger partial charge on any atom is -0.390 e. The molecule has 1 N–H and O–H groups in total. The summed E-state index contributed by atoms with van der Waals surface area (Å²) in [7, 11) is -3.72. The van der Waals surface area contributed by atoms with Gasteiger partial charge in [0.1, 0.15) is 5.82 Å². The molecule has 1 aromatic carbocycles. The van der Waals surface area contributed by atoms with Crippen molar-refractivity contribution in [2.75, 3.05) is 19.7 Å². The summed E-state index contributed by atoms with van der Waals surface area (Å²) >= 11 is 5.70. The van der Waals surface area contributed by atoms with Gasteiger partial charge in [0.25, 0.3) is 0 Å². The second kappa shape index (κ2) is 6.21. The van der Waals surface area contributed by atoms with Crippen LogP contribution in [0.2, 0.25) is 5.02 Å². The fourth-order valence-electron chi connectivity index (χ4n) is 3.56. The first-order chi connectivity index (χ1) is 11.1. The Balaban J connectivity index is 1.75. The molecule has 1 atom stereocenters. The monoisotopic (exact) mass is 377 g/mol. The number of nitrogens with zero attached hydrogens (tertiary/aromatic N) is 1. The van der Waals surface area contributed by atoms with Crippen molar-refractivity contribution in [2.24, 2.45) is 0 Å². The van der Waals surface area contributed by atoms with Gasteiger partial charge in [0.15, 0.2) is 0 Å². The molecule has 0 saturated carbocycles. The summed E-state index contributed by atoms with van der Waals surface area (Å²) in [6.07, 6.45) is 2.15. The molecule has 1 spiro atoms. The van der Waals surface area contributed by atoms with E-state index in [-0.39, 0.29) is 9.92 Å². The molecule has 8 heteroatoms. The van der Waals surface area contributed by atoms with Gasteiger partial charge in [-0.25, -0.2) is 12.8 Å². The van der Waals surface area contributed by atoms with Crippen LogP contribution < -0.4 is 0 Å². The molecular weight excluding hydrogens is 357 g/mol. The van der Waals surface area contributed by atoms with Gasteiger partial charge in [-0.1, -0.05) is 11.6 Å². The molecule has 1 aromatic rings. The van der Waals surface area contributed by atoms with Crippen molar-refractivity contribution in [3.8, 4) is 0 Å². The summed E-state index contributed by atoms with van der Waals surface area (Å²) in [5.41, 5.74) is -1.24. The molecule has 2 heterocycles. The molecule has 0 aliphatic carbocycles. The summed E-state index contributed by atoms with van der Waals surface area (Å²) < 4.78 is 45.9. The summed E-state index contributed by atoms with van der Waals surface area (Å²) in [6, 6.07) is 3.42. The second-order valence-corrected chi connectivity index (χ2v) is 9.28. The minimum absolute atomic E-state index is 0.0126. The zero-order chi connectivity index (χ0) is 17.6. The van der Waals surface area contributed by atoms with Gasteiger partial charge >= 0.3 is 0 Å². The first-order valence-electron chi connectivity index (χ1n) is 7.95. The van der Waals surface area contributed by atoms with Gasteiger partial charge in [0.05, 0.1) is 27.7 Å². The van der Waals surface area contributed by atoms with Crippen molar-refractivity contribution >= 4 is 21.6 Å². The van der Waals surface area contributed by atoms with Crippen molar-refractivity contribution in [3.63, 3.8) is 0 Å². The lowest BCUT2D eigenvalue weighted by Crippen LogP contribution is -2.54. The molecule has 0 aromatic heterocycles. The average Bonchev–Trinajstić information content (AvgIpc) is 2.49. The van der Waals surface area contributed by atoms with Gasteiger partial charge in [-0.3, -0.25) is 0 Å². The third-order valence-electron chi connectivity index (χ3n) is 4.91. The van der Waals surface area contributed by atoms with Gasteiger partial charge in [-0.2, -0.15) is 4.31 Å². The number of rotatable bonds is 2. The Kier molecular flexibility index (Phi) is 4.68. The zero-order valence-corrected chi connectivity index (χ0v) is 15.0. The maximum Gasteiger partial charge on any atom is 0.243 e. The molecule has 0 amide bonds. The van der Waals surface area contributed by atoms with E-state index in [1.165, 1.54) is 10.4 Å². The van der Waals surface area contributed by atoms with Crippen molar-refractivity contribution in [1.82, 2.24) is 4.31 Å². The lowest BCUT2D eigenvalue weighted by atomic mass is 9.78. The number of aliphatic hydroxyl groups is 1. The highest BCUT2D eigenvalue weighted by molar-refractivity contribution is 7.89. The van der Waals surface area contributed by atoms with Gasteiger partial charge in [0, 0.05) is 19.5 Å². The fraction of sp³-hybridized carbons (Fsp3) is 0.625. The number of halogens is 2. The largest absolute Gasteiger partial charge is 0.390 e. The van der Waals surface area contributed by atoms with E-state index < -0.39 is 27.0 Å². The Morgan fingerprint density at radius 1 is 1.29 bits per heavy atom. The maximum absolute atomic E-state index is 13.3. The van der Waals surface area contributed by atoms with Gasteiger partial charge < -0.3 is 9.84 Å². The number of ether oxygens (including phenoxy) is 1. The highest BCUT2D eigenvalue weighted by atomic mass is 35.5. The number of sulfonamides is 1. The Hall–Kier alpha value is -0.730. The van der Waals surface area contributed by atoms with E-state index >= 15 is 0 Å². The van der Waals surface area contributed by atoms with E-state index in [2.05, 4.69) is 0 Å². The minimum atomic E-state index is -3.72. The highest BCUT2D eigenvalue weighted by Gasteiger charge is 2.46. The van der Waals surface area contributed by atoms with Crippen LogP contribution in [0.15, 0.2) is 23.1 Å². The van der Waals surface area contributed by atoms with Gasteiger partial charge in [-0.15, -0.1) is 0 Å². The van der Waals surface area contributed by atoms with Crippen LogP contribution in [0.5, 0.6) is 0 Å². The van der Waals surface area contributed by atoms with Crippen molar-refractivity contribution in [2.45, 2.75) is 48.7 Å². The third-order valence-corrected chi connectivity index (χ3v) is 7.10. The van der Waals surface area contributed by atoms with Crippen LogP contribution in [-0.2, 0) is 14.8 Å². The van der Waals surface area contributed by atoms with Crippen LogP contribution in [0.4, 0.5) is 4.39 Å². The molecule has 0 bridgehead atoms. The molecule has 2 aliphatic rings. The summed E-state index contributed by atoms with van der Waals surface area (Å²) in [6.45, 7) is 2.87. The lowest BCUT2D eigenvalue weighted by Gasteiger charge is -2.47. The first kappa shape index (κ1) is 18.1. The van der Waals surface area contributed by atoms with E-state index in [4.69, 9.17) is 16.3 Å². The van der Waals surface area contributed by atoms with Crippen LogP contribution in [-0.4, -0.2) is 48.7 Å². The summed E-state index contributed by atoms with van der Waals surface area (Å²) in [4.78, 5) is -0.0126. The summed E-state index contributed by atoms with van der Waals surface area (Å²) in [5.74, 6) is -0.647. The Labute approximate surface area is 146 Å². The molecule has 24 heavy (non-hydrogen) atoms. The number of hydrogen-bond acceptors (Lipinski definition) is 4. The molecule has 2 fully saturated rings. The Morgan fingerprint density at radius 2 is 1.96 bits per heavy atom. The van der Waals surface area contributed by atoms with E-state index in [1.807, 2.05) is 0 Å². The first-order valence-corrected chi connectivity index (χ1v) is 9.77. The van der Waals surface area contributed by atoms with E-state index in [1.54, 1.807) is 6.92 Å². The number of hydrogen-bond donors (Lipinski definition) is 1. The van der Waals surface area contributed by atoms with Crippen LogP contribution in [0.25, 0.3) is 0 Å². The SMILES string of the molecule is CC1(O)CCOC2(CCN(S(=O)(=O)c3ccc(F)c(Cl)c3)CC2)C1. The predicted molar refractivity (Wildman–Crippen MR) is 87.9 cm³/mol. The smallest absolute Gasteiger partial charge is 0.243 e. The van der Waals surface area contributed by atoms with E-state index in [0.717, 1.165) is 12.1 Å². The number of piperidine rings is 1. The Bertz CT molecular complexity index is 730. The number of benzene rings is 1. The van der Waals surface area contributed by atoms with Gasteiger partial charge in [-0.05, 0) is 44.4 Å². The van der Waals surface area contributed by atoms with E-state index in [0.29, 0.717) is 45.4 Å². The van der Waals surface area contributed by atoms with Crippen molar-refractivity contribution < 1.29 is 22.7 Å². The zero-order valence-electron chi connectivity index (χ0n) is 13.5. The molecule has 5 nitrogen and oxygen atoms in total. The second-order valence-electron chi connectivity index (χ2n) is 6.94. The maximum atomic E-state index is 13.3. The normalized spacial score (nSPS) is 28.2. The van der Waals surface area contributed by atoms with Crippen molar-refractivity contribution in [3.05, 3.63) is 29.0 Å². The molecule has 0 radical (unpaired) electrons.